The Morgan fingerprint density at radius 3 is 2.33 bits per heavy atom. The average molecular weight is 295 g/mol. The summed E-state index contributed by atoms with van der Waals surface area (Å²) in [6.07, 6.45) is 9.23. The number of aliphatic imine (C=N–C) groups is 1. The van der Waals surface area contributed by atoms with Gasteiger partial charge >= 0.3 is 0 Å². The Kier molecular flexibility index (Phi) is 6.81. The second kappa shape index (κ2) is 8.62. The Hall–Kier alpha value is -0.770. The molecule has 0 radical (unpaired) electrons. The number of nitrogens with zero attached hydrogens (tertiary/aromatic N) is 1. The fourth-order valence-corrected chi connectivity index (χ4v) is 3.47. The van der Waals surface area contributed by atoms with Crippen LogP contribution in [-0.2, 0) is 0 Å². The van der Waals surface area contributed by atoms with Gasteiger partial charge in [-0.2, -0.15) is 0 Å². The van der Waals surface area contributed by atoms with E-state index < -0.39 is 0 Å². The Bertz CT molecular complexity index is 316. The lowest BCUT2D eigenvalue weighted by Gasteiger charge is -2.28. The molecule has 2 aliphatic rings. The molecule has 2 rings (SSSR count). The standard InChI is InChI=1S/C17H33N3O/c1-3-18-17(20-15-8-10-16(21)11-9-15)19-12-14-6-4-13(2)5-7-14/h13-16,21H,3-12H2,1-2H3,(H2,18,19,20). The highest BCUT2D eigenvalue weighted by molar-refractivity contribution is 5.80. The molecule has 2 aliphatic carbocycles. The lowest BCUT2D eigenvalue weighted by atomic mass is 9.83. The SMILES string of the molecule is CCNC(=NCC1CCC(C)CC1)NC1CCC(O)CC1. The van der Waals surface area contributed by atoms with Crippen LogP contribution in [0.1, 0.15) is 65.2 Å². The third-order valence-corrected chi connectivity index (χ3v) is 5.02. The monoisotopic (exact) mass is 295 g/mol. The minimum atomic E-state index is -0.0909. The van der Waals surface area contributed by atoms with Crippen molar-refractivity contribution in [2.45, 2.75) is 77.4 Å². The van der Waals surface area contributed by atoms with Crippen molar-refractivity contribution in [1.29, 1.82) is 0 Å². The van der Waals surface area contributed by atoms with E-state index in [0.717, 1.165) is 56.6 Å². The number of hydrogen-bond donors (Lipinski definition) is 3. The molecule has 0 aromatic carbocycles. The molecule has 0 saturated heterocycles. The number of nitrogens with one attached hydrogen (secondary N) is 2. The van der Waals surface area contributed by atoms with Crippen LogP contribution in [0.3, 0.4) is 0 Å². The maximum Gasteiger partial charge on any atom is 0.191 e. The van der Waals surface area contributed by atoms with E-state index in [4.69, 9.17) is 4.99 Å². The first-order valence-electron chi connectivity index (χ1n) is 8.90. The van der Waals surface area contributed by atoms with Crippen LogP contribution < -0.4 is 10.6 Å². The van der Waals surface area contributed by atoms with Gasteiger partial charge in [0, 0.05) is 19.1 Å². The van der Waals surface area contributed by atoms with Gasteiger partial charge in [-0.15, -0.1) is 0 Å². The summed E-state index contributed by atoms with van der Waals surface area (Å²) in [5.74, 6) is 2.65. The van der Waals surface area contributed by atoms with Gasteiger partial charge in [-0.1, -0.05) is 19.8 Å². The highest BCUT2D eigenvalue weighted by Gasteiger charge is 2.21. The minimum absolute atomic E-state index is 0.0909. The van der Waals surface area contributed by atoms with Crippen LogP contribution in [0.25, 0.3) is 0 Å². The van der Waals surface area contributed by atoms with Crippen LogP contribution in [-0.4, -0.2) is 36.3 Å². The molecular formula is C17H33N3O. The van der Waals surface area contributed by atoms with Gasteiger partial charge in [0.05, 0.1) is 6.10 Å². The molecule has 0 aliphatic heterocycles. The summed E-state index contributed by atoms with van der Waals surface area (Å²) in [5, 5.41) is 16.5. The summed E-state index contributed by atoms with van der Waals surface area (Å²) in [6.45, 7) is 6.34. The molecule has 0 bridgehead atoms. The molecule has 122 valence electrons. The molecule has 0 aromatic rings. The Balaban J connectivity index is 1.78. The van der Waals surface area contributed by atoms with Crippen LogP contribution in [0.5, 0.6) is 0 Å². The second-order valence-electron chi connectivity index (χ2n) is 7.00. The maximum atomic E-state index is 9.59. The van der Waals surface area contributed by atoms with Crippen molar-refractivity contribution >= 4 is 5.96 Å². The molecule has 0 unspecified atom stereocenters. The van der Waals surface area contributed by atoms with Crippen LogP contribution in [0.4, 0.5) is 0 Å². The summed E-state index contributed by atoms with van der Waals surface area (Å²) in [4.78, 5) is 4.81. The zero-order chi connectivity index (χ0) is 15.1. The molecular weight excluding hydrogens is 262 g/mol. The number of hydrogen-bond acceptors (Lipinski definition) is 2. The predicted octanol–water partition coefficient (Wildman–Crippen LogP) is 2.67. The average Bonchev–Trinajstić information content (AvgIpc) is 2.49. The predicted molar refractivity (Wildman–Crippen MR) is 88.5 cm³/mol. The van der Waals surface area contributed by atoms with Gasteiger partial charge < -0.3 is 15.7 Å². The fraction of sp³-hybridized carbons (Fsp3) is 0.941. The minimum Gasteiger partial charge on any atom is -0.393 e. The Morgan fingerprint density at radius 2 is 1.71 bits per heavy atom. The van der Waals surface area contributed by atoms with Gasteiger partial charge in [-0.3, -0.25) is 4.99 Å². The zero-order valence-electron chi connectivity index (χ0n) is 13.8. The molecule has 4 heteroatoms. The Morgan fingerprint density at radius 1 is 1.05 bits per heavy atom. The van der Waals surface area contributed by atoms with Crippen molar-refractivity contribution in [1.82, 2.24) is 10.6 Å². The molecule has 0 heterocycles. The van der Waals surface area contributed by atoms with Crippen molar-refractivity contribution in [3.05, 3.63) is 0 Å². The van der Waals surface area contributed by atoms with E-state index in [0.29, 0.717) is 6.04 Å². The van der Waals surface area contributed by atoms with Crippen molar-refractivity contribution in [3.8, 4) is 0 Å². The molecule has 3 N–H and O–H groups in total. The van der Waals surface area contributed by atoms with Crippen molar-refractivity contribution < 1.29 is 5.11 Å². The summed E-state index contributed by atoms with van der Waals surface area (Å²) < 4.78 is 0. The van der Waals surface area contributed by atoms with Gasteiger partial charge in [0.15, 0.2) is 5.96 Å². The molecule has 0 atom stereocenters. The first-order valence-corrected chi connectivity index (χ1v) is 8.90. The van der Waals surface area contributed by atoms with E-state index in [1.807, 2.05) is 0 Å². The van der Waals surface area contributed by atoms with Gasteiger partial charge in [-0.25, -0.2) is 0 Å². The fourth-order valence-electron chi connectivity index (χ4n) is 3.47. The first kappa shape index (κ1) is 16.6. The van der Waals surface area contributed by atoms with E-state index >= 15 is 0 Å². The summed E-state index contributed by atoms with van der Waals surface area (Å²) in [6, 6.07) is 0.470. The van der Waals surface area contributed by atoms with Crippen molar-refractivity contribution in [2.75, 3.05) is 13.1 Å². The van der Waals surface area contributed by atoms with Gasteiger partial charge in [0.1, 0.15) is 0 Å². The largest absolute Gasteiger partial charge is 0.393 e. The van der Waals surface area contributed by atoms with Gasteiger partial charge in [0.2, 0.25) is 0 Å². The van der Waals surface area contributed by atoms with Crippen molar-refractivity contribution in [3.63, 3.8) is 0 Å². The molecule has 4 nitrogen and oxygen atoms in total. The Labute approximate surface area is 129 Å². The topological polar surface area (TPSA) is 56.7 Å². The smallest absolute Gasteiger partial charge is 0.191 e. The van der Waals surface area contributed by atoms with E-state index in [1.54, 1.807) is 0 Å². The number of aliphatic hydroxyl groups excluding tert-OH is 1. The van der Waals surface area contributed by atoms with E-state index in [1.165, 1.54) is 25.7 Å². The van der Waals surface area contributed by atoms with Crippen LogP contribution in [0, 0.1) is 11.8 Å². The van der Waals surface area contributed by atoms with Crippen LogP contribution in [0.2, 0.25) is 0 Å². The summed E-state index contributed by atoms with van der Waals surface area (Å²) in [7, 11) is 0. The number of guanidine groups is 1. The number of aliphatic hydroxyl groups is 1. The second-order valence-corrected chi connectivity index (χ2v) is 7.00. The van der Waals surface area contributed by atoms with Crippen LogP contribution >= 0.6 is 0 Å². The van der Waals surface area contributed by atoms with Crippen molar-refractivity contribution in [2.24, 2.45) is 16.8 Å². The quantitative estimate of drug-likeness (QED) is 0.552. The molecule has 0 amide bonds. The molecule has 0 spiro atoms. The van der Waals surface area contributed by atoms with E-state index in [2.05, 4.69) is 24.5 Å². The summed E-state index contributed by atoms with van der Waals surface area (Å²) >= 11 is 0. The normalized spacial score (nSPS) is 34.5. The molecule has 0 aromatic heterocycles. The first-order chi connectivity index (χ1) is 10.2. The summed E-state index contributed by atoms with van der Waals surface area (Å²) in [5.41, 5.74) is 0. The lowest BCUT2D eigenvalue weighted by molar-refractivity contribution is 0.120. The van der Waals surface area contributed by atoms with Crippen LogP contribution in [0.15, 0.2) is 4.99 Å². The van der Waals surface area contributed by atoms with E-state index in [9.17, 15) is 5.11 Å². The third-order valence-electron chi connectivity index (χ3n) is 5.02. The third kappa shape index (κ3) is 5.85. The molecule has 2 fully saturated rings. The maximum absolute atomic E-state index is 9.59. The molecule has 21 heavy (non-hydrogen) atoms. The molecule has 2 saturated carbocycles. The highest BCUT2D eigenvalue weighted by atomic mass is 16.3. The number of rotatable bonds is 4. The lowest BCUT2D eigenvalue weighted by Crippen LogP contribution is -2.45. The highest BCUT2D eigenvalue weighted by Crippen LogP contribution is 2.28. The van der Waals surface area contributed by atoms with Gasteiger partial charge in [0.25, 0.3) is 0 Å². The zero-order valence-corrected chi connectivity index (χ0v) is 13.8. The van der Waals surface area contributed by atoms with E-state index in [-0.39, 0.29) is 6.10 Å². The van der Waals surface area contributed by atoms with Gasteiger partial charge in [-0.05, 0) is 57.3 Å².